The van der Waals surface area contributed by atoms with E-state index in [1.165, 1.54) is 0 Å². The smallest absolute Gasteiger partial charge is 0.308 e. The SMILES string of the molecule is CCOC(=O)C(C)C1CCN(C)C1. The van der Waals surface area contributed by atoms with Crippen molar-refractivity contribution in [3.63, 3.8) is 0 Å². The van der Waals surface area contributed by atoms with E-state index in [2.05, 4.69) is 11.9 Å². The van der Waals surface area contributed by atoms with Gasteiger partial charge in [0.1, 0.15) is 0 Å². The van der Waals surface area contributed by atoms with E-state index in [9.17, 15) is 4.79 Å². The van der Waals surface area contributed by atoms with E-state index in [-0.39, 0.29) is 11.9 Å². The lowest BCUT2D eigenvalue weighted by Crippen LogP contribution is -2.25. The van der Waals surface area contributed by atoms with Crippen LogP contribution in [0.3, 0.4) is 0 Å². The van der Waals surface area contributed by atoms with Crippen molar-refractivity contribution in [3.8, 4) is 0 Å². The molecule has 0 saturated carbocycles. The first kappa shape index (κ1) is 10.5. The number of hydrogen-bond donors (Lipinski definition) is 0. The van der Waals surface area contributed by atoms with Crippen LogP contribution in [0, 0.1) is 11.8 Å². The Hall–Kier alpha value is -0.570. The second-order valence-corrected chi connectivity index (χ2v) is 3.85. The molecule has 0 spiro atoms. The second-order valence-electron chi connectivity index (χ2n) is 3.85. The van der Waals surface area contributed by atoms with E-state index in [0.29, 0.717) is 12.5 Å². The zero-order chi connectivity index (χ0) is 9.84. The highest BCUT2D eigenvalue weighted by molar-refractivity contribution is 5.72. The summed E-state index contributed by atoms with van der Waals surface area (Å²) in [5.41, 5.74) is 0. The molecule has 0 radical (unpaired) electrons. The summed E-state index contributed by atoms with van der Waals surface area (Å²) in [4.78, 5) is 13.7. The van der Waals surface area contributed by atoms with Gasteiger partial charge in [-0.2, -0.15) is 0 Å². The average Bonchev–Trinajstić information content (AvgIpc) is 2.51. The molecule has 76 valence electrons. The Bertz CT molecular complexity index is 182. The van der Waals surface area contributed by atoms with E-state index < -0.39 is 0 Å². The maximum Gasteiger partial charge on any atom is 0.308 e. The maximum absolute atomic E-state index is 11.4. The minimum absolute atomic E-state index is 0.0391. The third-order valence-electron chi connectivity index (χ3n) is 2.79. The van der Waals surface area contributed by atoms with Crippen molar-refractivity contribution < 1.29 is 9.53 Å². The first-order valence-electron chi connectivity index (χ1n) is 5.00. The van der Waals surface area contributed by atoms with Crippen LogP contribution in [-0.4, -0.2) is 37.6 Å². The molecular formula is C10H19NO2. The van der Waals surface area contributed by atoms with Gasteiger partial charge in [-0.1, -0.05) is 6.92 Å². The number of carbonyl (C=O) groups is 1. The molecular weight excluding hydrogens is 166 g/mol. The minimum atomic E-state index is -0.0391. The Labute approximate surface area is 80.1 Å². The molecule has 1 rings (SSSR count). The lowest BCUT2D eigenvalue weighted by Gasteiger charge is -2.17. The number of carbonyl (C=O) groups excluding carboxylic acids is 1. The lowest BCUT2D eigenvalue weighted by molar-refractivity contribution is -0.149. The standard InChI is InChI=1S/C10H19NO2/c1-4-13-10(12)8(2)9-5-6-11(3)7-9/h8-9H,4-7H2,1-3H3. The molecule has 0 aromatic heterocycles. The summed E-state index contributed by atoms with van der Waals surface area (Å²) in [5, 5.41) is 0. The fourth-order valence-corrected chi connectivity index (χ4v) is 1.84. The van der Waals surface area contributed by atoms with Crippen LogP contribution in [0.15, 0.2) is 0 Å². The topological polar surface area (TPSA) is 29.5 Å². The van der Waals surface area contributed by atoms with Crippen LogP contribution < -0.4 is 0 Å². The predicted octanol–water partition coefficient (Wildman–Crippen LogP) is 1.14. The molecule has 0 amide bonds. The van der Waals surface area contributed by atoms with Gasteiger partial charge in [-0.3, -0.25) is 4.79 Å². The monoisotopic (exact) mass is 185 g/mol. The molecule has 0 aromatic carbocycles. The molecule has 1 saturated heterocycles. The Morgan fingerprint density at radius 3 is 2.85 bits per heavy atom. The predicted molar refractivity (Wildman–Crippen MR) is 51.4 cm³/mol. The number of likely N-dealkylation sites (tertiary alicyclic amines) is 1. The average molecular weight is 185 g/mol. The molecule has 2 unspecified atom stereocenters. The number of rotatable bonds is 3. The summed E-state index contributed by atoms with van der Waals surface area (Å²) in [6, 6.07) is 0. The highest BCUT2D eigenvalue weighted by Crippen LogP contribution is 2.23. The van der Waals surface area contributed by atoms with E-state index in [1.807, 2.05) is 13.8 Å². The van der Waals surface area contributed by atoms with Crippen molar-refractivity contribution in [2.45, 2.75) is 20.3 Å². The number of nitrogens with zero attached hydrogens (tertiary/aromatic N) is 1. The Morgan fingerprint density at radius 1 is 1.69 bits per heavy atom. The first-order chi connectivity index (χ1) is 6.15. The summed E-state index contributed by atoms with van der Waals surface area (Å²) in [6.45, 7) is 6.45. The quantitative estimate of drug-likeness (QED) is 0.617. The number of esters is 1. The molecule has 0 bridgehead atoms. The van der Waals surface area contributed by atoms with Crippen molar-refractivity contribution >= 4 is 5.97 Å². The third-order valence-corrected chi connectivity index (χ3v) is 2.79. The van der Waals surface area contributed by atoms with Crippen LogP contribution in [0.1, 0.15) is 20.3 Å². The van der Waals surface area contributed by atoms with Gasteiger partial charge < -0.3 is 9.64 Å². The van der Waals surface area contributed by atoms with Crippen molar-refractivity contribution in [3.05, 3.63) is 0 Å². The summed E-state index contributed by atoms with van der Waals surface area (Å²) in [7, 11) is 2.10. The van der Waals surface area contributed by atoms with E-state index >= 15 is 0 Å². The van der Waals surface area contributed by atoms with Crippen molar-refractivity contribution in [1.82, 2.24) is 4.90 Å². The number of ether oxygens (including phenoxy) is 1. The molecule has 3 heteroatoms. The molecule has 2 atom stereocenters. The fraction of sp³-hybridized carbons (Fsp3) is 0.900. The lowest BCUT2D eigenvalue weighted by atomic mass is 9.93. The van der Waals surface area contributed by atoms with Crippen LogP contribution in [-0.2, 0) is 9.53 Å². The van der Waals surface area contributed by atoms with Gasteiger partial charge in [-0.05, 0) is 32.9 Å². The van der Waals surface area contributed by atoms with Gasteiger partial charge in [0.15, 0.2) is 0 Å². The van der Waals surface area contributed by atoms with Crippen molar-refractivity contribution in [1.29, 1.82) is 0 Å². The van der Waals surface area contributed by atoms with Gasteiger partial charge in [0.25, 0.3) is 0 Å². The first-order valence-corrected chi connectivity index (χ1v) is 5.00. The molecule has 1 fully saturated rings. The van der Waals surface area contributed by atoms with Gasteiger partial charge in [-0.15, -0.1) is 0 Å². The molecule has 0 aromatic rings. The zero-order valence-electron chi connectivity index (χ0n) is 8.75. The normalized spacial score (nSPS) is 25.9. The van der Waals surface area contributed by atoms with Gasteiger partial charge in [0.2, 0.25) is 0 Å². The van der Waals surface area contributed by atoms with E-state index in [0.717, 1.165) is 19.5 Å². The fourth-order valence-electron chi connectivity index (χ4n) is 1.84. The van der Waals surface area contributed by atoms with E-state index in [4.69, 9.17) is 4.74 Å². The highest BCUT2D eigenvalue weighted by atomic mass is 16.5. The van der Waals surface area contributed by atoms with Crippen molar-refractivity contribution in [2.75, 3.05) is 26.7 Å². The Kier molecular flexibility index (Phi) is 3.72. The van der Waals surface area contributed by atoms with Gasteiger partial charge >= 0.3 is 5.97 Å². The van der Waals surface area contributed by atoms with E-state index in [1.54, 1.807) is 0 Å². The maximum atomic E-state index is 11.4. The highest BCUT2D eigenvalue weighted by Gasteiger charge is 2.29. The van der Waals surface area contributed by atoms with Crippen molar-refractivity contribution in [2.24, 2.45) is 11.8 Å². The number of hydrogen-bond acceptors (Lipinski definition) is 3. The molecule has 13 heavy (non-hydrogen) atoms. The van der Waals surface area contributed by atoms with Gasteiger partial charge in [0.05, 0.1) is 12.5 Å². The molecule has 1 aliphatic rings. The molecule has 3 nitrogen and oxygen atoms in total. The summed E-state index contributed by atoms with van der Waals surface area (Å²) >= 11 is 0. The third kappa shape index (κ3) is 2.69. The van der Waals surface area contributed by atoms with Gasteiger partial charge in [-0.25, -0.2) is 0 Å². The summed E-state index contributed by atoms with van der Waals surface area (Å²) < 4.78 is 4.99. The van der Waals surface area contributed by atoms with Crippen LogP contribution in [0.4, 0.5) is 0 Å². The van der Waals surface area contributed by atoms with Crippen LogP contribution >= 0.6 is 0 Å². The largest absolute Gasteiger partial charge is 0.466 e. The molecule has 0 N–H and O–H groups in total. The zero-order valence-corrected chi connectivity index (χ0v) is 8.75. The second kappa shape index (κ2) is 4.61. The minimum Gasteiger partial charge on any atom is -0.466 e. The molecule has 1 aliphatic heterocycles. The molecule has 0 aliphatic carbocycles. The Balaban J connectivity index is 2.38. The van der Waals surface area contributed by atoms with Crippen LogP contribution in [0.25, 0.3) is 0 Å². The van der Waals surface area contributed by atoms with Crippen LogP contribution in [0.5, 0.6) is 0 Å². The summed E-state index contributed by atoms with van der Waals surface area (Å²) in [5.74, 6) is 0.511. The molecule has 1 heterocycles. The van der Waals surface area contributed by atoms with Gasteiger partial charge in [0, 0.05) is 6.54 Å². The summed E-state index contributed by atoms with van der Waals surface area (Å²) in [6.07, 6.45) is 1.12. The Morgan fingerprint density at radius 2 is 2.38 bits per heavy atom. The van der Waals surface area contributed by atoms with Crippen LogP contribution in [0.2, 0.25) is 0 Å².